The molecule has 41 heavy (non-hydrogen) atoms. The molecule has 0 unspecified atom stereocenters. The van der Waals surface area contributed by atoms with E-state index in [4.69, 9.17) is 33.0 Å². The zero-order valence-corrected chi connectivity index (χ0v) is 24.9. The molecule has 0 radical (unpaired) electrons. The maximum absolute atomic E-state index is 14.0. The predicted molar refractivity (Wildman–Crippen MR) is 163 cm³/mol. The lowest BCUT2D eigenvalue weighted by atomic mass is 9.96. The number of benzene rings is 3. The number of ether oxygens (including phenoxy) is 1. The van der Waals surface area contributed by atoms with Crippen LogP contribution in [0.25, 0.3) is 0 Å². The van der Waals surface area contributed by atoms with Crippen molar-refractivity contribution in [2.75, 3.05) is 45.9 Å². The molecule has 0 aliphatic carbocycles. The Labute approximate surface area is 251 Å². The largest absolute Gasteiger partial charge is 0.379 e. The summed E-state index contributed by atoms with van der Waals surface area (Å²) in [5, 5.41) is 7.36. The number of amides is 2. The van der Waals surface area contributed by atoms with Crippen LogP contribution in [0.1, 0.15) is 45.1 Å². The number of hydrogen-bond acceptors (Lipinski definition) is 5. The van der Waals surface area contributed by atoms with E-state index in [0.717, 1.165) is 35.5 Å². The summed E-state index contributed by atoms with van der Waals surface area (Å²) >= 11 is 12.6. The van der Waals surface area contributed by atoms with Crippen LogP contribution in [0.5, 0.6) is 0 Å². The van der Waals surface area contributed by atoms with Gasteiger partial charge in [0, 0.05) is 37.6 Å². The number of rotatable bonds is 8. The van der Waals surface area contributed by atoms with Gasteiger partial charge < -0.3 is 9.64 Å². The van der Waals surface area contributed by atoms with Crippen LogP contribution >= 0.6 is 23.2 Å². The molecule has 7 nitrogen and oxygen atoms in total. The van der Waals surface area contributed by atoms with E-state index in [-0.39, 0.29) is 24.4 Å². The van der Waals surface area contributed by atoms with E-state index in [1.165, 1.54) is 10.6 Å². The number of hydrazone groups is 1. The van der Waals surface area contributed by atoms with Crippen molar-refractivity contribution in [3.63, 3.8) is 0 Å². The van der Waals surface area contributed by atoms with Crippen molar-refractivity contribution in [1.82, 2.24) is 14.8 Å². The topological polar surface area (TPSA) is 65.5 Å². The number of carbonyl (C=O) groups excluding carboxylic acids is 2. The molecular weight excluding hydrogens is 559 g/mol. The molecule has 2 aliphatic heterocycles. The summed E-state index contributed by atoms with van der Waals surface area (Å²) in [7, 11) is 0. The second kappa shape index (κ2) is 13.2. The fourth-order valence-corrected chi connectivity index (χ4v) is 5.50. The zero-order valence-electron chi connectivity index (χ0n) is 23.4. The van der Waals surface area contributed by atoms with Gasteiger partial charge in [0.1, 0.15) is 6.54 Å². The molecule has 1 saturated heterocycles. The Kier molecular flexibility index (Phi) is 9.40. The third kappa shape index (κ3) is 6.99. The molecule has 2 aliphatic rings. The van der Waals surface area contributed by atoms with Crippen molar-refractivity contribution in [1.29, 1.82) is 0 Å². The minimum Gasteiger partial charge on any atom is -0.379 e. The monoisotopic (exact) mass is 592 g/mol. The summed E-state index contributed by atoms with van der Waals surface area (Å²) in [6.07, 6.45) is 0.558. The molecule has 2 heterocycles. The zero-order chi connectivity index (χ0) is 28.9. The first kappa shape index (κ1) is 29.3. The summed E-state index contributed by atoms with van der Waals surface area (Å²) in [6, 6.07) is 20.4. The van der Waals surface area contributed by atoms with Crippen molar-refractivity contribution in [2.45, 2.75) is 26.3 Å². The maximum Gasteiger partial charge on any atom is 0.262 e. The molecule has 3 aromatic rings. The number of nitrogens with zero attached hydrogens (tertiary/aromatic N) is 4. The third-order valence-corrected chi connectivity index (χ3v) is 8.35. The highest BCUT2D eigenvalue weighted by molar-refractivity contribution is 6.33. The van der Waals surface area contributed by atoms with Crippen LogP contribution in [-0.4, -0.2) is 78.3 Å². The molecule has 5 rings (SSSR count). The van der Waals surface area contributed by atoms with Gasteiger partial charge in [-0.25, -0.2) is 5.01 Å². The lowest BCUT2D eigenvalue weighted by Gasteiger charge is -2.31. The first-order chi connectivity index (χ1) is 19.8. The minimum absolute atomic E-state index is 0.123. The second-order valence-electron chi connectivity index (χ2n) is 10.5. The highest BCUT2D eigenvalue weighted by Gasteiger charge is 2.35. The van der Waals surface area contributed by atoms with E-state index in [1.54, 1.807) is 29.2 Å². The number of hydrogen-bond donors (Lipinski definition) is 0. The second-order valence-corrected chi connectivity index (χ2v) is 11.4. The highest BCUT2D eigenvalue weighted by Crippen LogP contribution is 2.34. The Bertz CT molecular complexity index is 1440. The normalized spacial score (nSPS) is 17.4. The van der Waals surface area contributed by atoms with Crippen LogP contribution in [0.2, 0.25) is 10.0 Å². The molecule has 9 heteroatoms. The quantitative estimate of drug-likeness (QED) is 0.333. The maximum atomic E-state index is 14.0. The number of aryl methyl sites for hydroxylation is 2. The molecule has 0 aromatic heterocycles. The van der Waals surface area contributed by atoms with Gasteiger partial charge in [-0.2, -0.15) is 5.10 Å². The van der Waals surface area contributed by atoms with E-state index >= 15 is 0 Å². The fourth-order valence-electron chi connectivity index (χ4n) is 5.16. The highest BCUT2D eigenvalue weighted by atomic mass is 35.5. The van der Waals surface area contributed by atoms with Crippen LogP contribution in [0.4, 0.5) is 0 Å². The van der Waals surface area contributed by atoms with Gasteiger partial charge in [0.15, 0.2) is 0 Å². The number of carbonyl (C=O) groups is 2. The third-order valence-electron chi connectivity index (χ3n) is 7.77. The van der Waals surface area contributed by atoms with E-state index in [2.05, 4.69) is 30.9 Å². The Morgan fingerprint density at radius 3 is 2.41 bits per heavy atom. The summed E-state index contributed by atoms with van der Waals surface area (Å²) in [5.74, 6) is -0.538. The summed E-state index contributed by atoms with van der Waals surface area (Å²) in [6.45, 7) is 7.92. The molecule has 0 N–H and O–H groups in total. The van der Waals surface area contributed by atoms with Gasteiger partial charge in [-0.3, -0.25) is 14.5 Å². The van der Waals surface area contributed by atoms with E-state index in [9.17, 15) is 9.59 Å². The van der Waals surface area contributed by atoms with Gasteiger partial charge in [-0.1, -0.05) is 59.6 Å². The van der Waals surface area contributed by atoms with Gasteiger partial charge >= 0.3 is 0 Å². The molecule has 0 bridgehead atoms. The molecular formula is C32H34Cl2N4O3. The Morgan fingerprint density at radius 2 is 1.71 bits per heavy atom. The molecule has 0 spiro atoms. The van der Waals surface area contributed by atoms with Crippen LogP contribution in [0.3, 0.4) is 0 Å². The lowest BCUT2D eigenvalue weighted by molar-refractivity contribution is -0.133. The Balaban J connectivity index is 1.43. The van der Waals surface area contributed by atoms with Crippen LogP contribution in [0.15, 0.2) is 71.8 Å². The van der Waals surface area contributed by atoms with Crippen molar-refractivity contribution in [2.24, 2.45) is 5.10 Å². The van der Waals surface area contributed by atoms with Crippen molar-refractivity contribution < 1.29 is 14.3 Å². The van der Waals surface area contributed by atoms with Gasteiger partial charge in [-0.05, 0) is 66.4 Å². The van der Waals surface area contributed by atoms with E-state index in [1.807, 2.05) is 30.3 Å². The number of morpholine rings is 1. The molecule has 0 saturated carbocycles. The molecule has 1 atom stereocenters. The minimum atomic E-state index is -0.312. The lowest BCUT2D eigenvalue weighted by Crippen LogP contribution is -2.46. The predicted octanol–water partition coefficient (Wildman–Crippen LogP) is 5.76. The number of halogens is 2. The summed E-state index contributed by atoms with van der Waals surface area (Å²) in [5.41, 5.74) is 5.49. The average Bonchev–Trinajstić information content (AvgIpc) is 3.43. The van der Waals surface area contributed by atoms with Crippen LogP contribution in [0, 0.1) is 13.8 Å². The Morgan fingerprint density at radius 1 is 0.976 bits per heavy atom. The molecule has 3 aromatic carbocycles. The van der Waals surface area contributed by atoms with Gasteiger partial charge in [0.25, 0.3) is 11.8 Å². The van der Waals surface area contributed by atoms with Crippen molar-refractivity contribution in [3.8, 4) is 0 Å². The standard InChI is InChI=1S/C32H34Cl2N4O3/c1-22-7-8-25(19-23(22)2)29-20-30(24-9-11-26(33)12-10-24)38(35-29)31(39)21-37(14-13-36-15-17-41-18-16-36)32(40)27-5-3-4-6-28(27)34/h3-12,19,30H,13-18,20-21H2,1-2H3/t30-/m1/s1. The van der Waals surface area contributed by atoms with E-state index < -0.39 is 0 Å². The van der Waals surface area contributed by atoms with Crippen LogP contribution < -0.4 is 0 Å². The average molecular weight is 594 g/mol. The first-order valence-electron chi connectivity index (χ1n) is 13.9. The van der Waals surface area contributed by atoms with Crippen molar-refractivity contribution >= 4 is 40.7 Å². The van der Waals surface area contributed by atoms with Gasteiger partial charge in [-0.15, -0.1) is 0 Å². The summed E-state index contributed by atoms with van der Waals surface area (Å²) in [4.78, 5) is 31.5. The Hall–Kier alpha value is -3.23. The SMILES string of the molecule is Cc1ccc(C2=NN(C(=O)CN(CCN3CCOCC3)C(=O)c3ccccc3Cl)[C@@H](c3ccc(Cl)cc3)C2)cc1C. The smallest absolute Gasteiger partial charge is 0.262 e. The summed E-state index contributed by atoms with van der Waals surface area (Å²) < 4.78 is 5.47. The van der Waals surface area contributed by atoms with Crippen molar-refractivity contribution in [3.05, 3.63) is 105 Å². The van der Waals surface area contributed by atoms with Gasteiger partial charge in [0.2, 0.25) is 0 Å². The molecule has 214 valence electrons. The fraction of sp³-hybridized carbons (Fsp3) is 0.344. The first-order valence-corrected chi connectivity index (χ1v) is 14.6. The van der Waals surface area contributed by atoms with Gasteiger partial charge in [0.05, 0.1) is 35.6 Å². The van der Waals surface area contributed by atoms with E-state index in [0.29, 0.717) is 48.3 Å². The molecule has 1 fully saturated rings. The van der Waals surface area contributed by atoms with Crippen LogP contribution in [-0.2, 0) is 9.53 Å². The molecule has 2 amide bonds.